The molecule has 2 aromatic carbocycles. The molecule has 0 radical (unpaired) electrons. The first-order chi connectivity index (χ1) is 21.3. The molecule has 222 valence electrons. The summed E-state index contributed by atoms with van der Waals surface area (Å²) < 4.78 is 6.73. The first-order valence-electron chi connectivity index (χ1n) is 13.6. The maximum Gasteiger partial charge on any atom is 0.433 e. The molecule has 5 aromatic rings. The van der Waals surface area contributed by atoms with Crippen molar-refractivity contribution < 1.29 is 9.34 Å². The fourth-order valence-corrected chi connectivity index (χ4v) is 3.88. The average Bonchev–Trinajstić information content (AvgIpc) is 3.51. The van der Waals surface area contributed by atoms with Gasteiger partial charge in [0.05, 0.1) is 22.7 Å². The number of aryl methyl sites for hydroxylation is 1. The number of nitrogens with zero attached hydrogens (tertiary/aromatic N) is 4. The number of nitro groups is 1. The van der Waals surface area contributed by atoms with Crippen LogP contribution >= 0.6 is 0 Å². The minimum absolute atomic E-state index is 0.233. The van der Waals surface area contributed by atoms with Crippen LogP contribution in [0.1, 0.15) is 35.2 Å². The van der Waals surface area contributed by atoms with Gasteiger partial charge < -0.3 is 9.73 Å². The Hall–Kier alpha value is -5.85. The SMILES string of the molecule is C=C/C=C\C.CNC.Cc1cc(C#Cc2cccnc2)ccc1-n1c(/C=C/c2ccc([N+](=O)[O-])o2)nc2ccccc2c1=O. The maximum atomic E-state index is 13.5. The summed E-state index contributed by atoms with van der Waals surface area (Å²) in [5.41, 5.74) is 3.38. The molecule has 44 heavy (non-hydrogen) atoms. The second-order valence-electron chi connectivity index (χ2n) is 9.15. The van der Waals surface area contributed by atoms with Gasteiger partial charge in [0, 0.05) is 23.5 Å². The minimum atomic E-state index is -0.607. The first kappa shape index (κ1) is 32.7. The monoisotopic (exact) mass is 587 g/mol. The molecule has 0 unspecified atom stereocenters. The average molecular weight is 588 g/mol. The van der Waals surface area contributed by atoms with Crippen LogP contribution in [-0.2, 0) is 0 Å². The van der Waals surface area contributed by atoms with E-state index >= 15 is 0 Å². The molecule has 0 bridgehead atoms. The van der Waals surface area contributed by atoms with Crippen molar-refractivity contribution in [2.75, 3.05) is 14.1 Å². The third-order valence-electron chi connectivity index (χ3n) is 5.77. The summed E-state index contributed by atoms with van der Waals surface area (Å²) in [5, 5.41) is 14.2. The summed E-state index contributed by atoms with van der Waals surface area (Å²) in [6, 6.07) is 19.1. The van der Waals surface area contributed by atoms with Crippen molar-refractivity contribution in [3.05, 3.63) is 153 Å². The number of hydrogen-bond donors (Lipinski definition) is 1. The van der Waals surface area contributed by atoms with Gasteiger partial charge in [-0.25, -0.2) is 4.98 Å². The van der Waals surface area contributed by atoms with Gasteiger partial charge in [-0.05, 0) is 94.2 Å². The lowest BCUT2D eigenvalue weighted by atomic mass is 10.1. The number of rotatable bonds is 5. The molecule has 9 nitrogen and oxygen atoms in total. The van der Waals surface area contributed by atoms with Crippen LogP contribution < -0.4 is 10.9 Å². The number of furan rings is 1. The predicted molar refractivity (Wildman–Crippen MR) is 177 cm³/mol. The lowest BCUT2D eigenvalue weighted by Gasteiger charge is -2.14. The number of fused-ring (bicyclic) bond motifs is 1. The molecular weight excluding hydrogens is 554 g/mol. The van der Waals surface area contributed by atoms with Crippen molar-refractivity contribution in [1.29, 1.82) is 0 Å². The zero-order valence-corrected chi connectivity index (χ0v) is 25.0. The first-order valence-corrected chi connectivity index (χ1v) is 13.6. The molecule has 0 spiro atoms. The number of hydrogen-bond acceptors (Lipinski definition) is 7. The van der Waals surface area contributed by atoms with Crippen molar-refractivity contribution in [3.8, 4) is 17.5 Å². The maximum absolute atomic E-state index is 13.5. The number of benzene rings is 2. The highest BCUT2D eigenvalue weighted by molar-refractivity contribution is 5.80. The largest absolute Gasteiger partial charge is 0.433 e. The van der Waals surface area contributed by atoms with Crippen LogP contribution in [0.15, 0.2) is 113 Å². The van der Waals surface area contributed by atoms with Crippen LogP contribution in [0.25, 0.3) is 28.7 Å². The zero-order chi connectivity index (χ0) is 31.9. The van der Waals surface area contributed by atoms with Crippen LogP contribution in [0.3, 0.4) is 0 Å². The van der Waals surface area contributed by atoms with E-state index in [1.54, 1.807) is 48.8 Å². The van der Waals surface area contributed by atoms with E-state index in [0.717, 1.165) is 16.7 Å². The van der Waals surface area contributed by atoms with E-state index in [2.05, 4.69) is 33.7 Å². The summed E-state index contributed by atoms with van der Waals surface area (Å²) in [7, 11) is 3.75. The Bertz CT molecular complexity index is 1910. The van der Waals surface area contributed by atoms with Crippen LogP contribution in [0.2, 0.25) is 0 Å². The second kappa shape index (κ2) is 16.6. The Morgan fingerprint density at radius 1 is 1.02 bits per heavy atom. The summed E-state index contributed by atoms with van der Waals surface area (Å²) in [6.45, 7) is 7.32. The molecule has 3 heterocycles. The van der Waals surface area contributed by atoms with Crippen LogP contribution in [-0.4, -0.2) is 33.6 Å². The Labute approximate surface area is 256 Å². The smallest absolute Gasteiger partial charge is 0.401 e. The fourth-order valence-electron chi connectivity index (χ4n) is 3.88. The lowest BCUT2D eigenvalue weighted by molar-refractivity contribution is -0.402. The quantitative estimate of drug-likeness (QED) is 0.105. The molecule has 0 aliphatic carbocycles. The zero-order valence-electron chi connectivity index (χ0n) is 25.0. The van der Waals surface area contributed by atoms with E-state index < -0.39 is 4.92 Å². The Balaban J connectivity index is 0.000000592. The van der Waals surface area contributed by atoms with Crippen molar-refractivity contribution in [2.24, 2.45) is 0 Å². The van der Waals surface area contributed by atoms with Crippen molar-refractivity contribution >= 4 is 28.9 Å². The molecule has 5 rings (SSSR count). The number of nitrogens with one attached hydrogen (secondary N) is 1. The molecule has 0 fully saturated rings. The topological polar surface area (TPSA) is 116 Å². The van der Waals surface area contributed by atoms with E-state index in [1.807, 2.05) is 76.5 Å². The van der Waals surface area contributed by atoms with Crippen molar-refractivity contribution in [3.63, 3.8) is 0 Å². The predicted octanol–water partition coefficient (Wildman–Crippen LogP) is 6.74. The third-order valence-corrected chi connectivity index (χ3v) is 5.77. The summed E-state index contributed by atoms with van der Waals surface area (Å²) in [6.07, 6.45) is 12.1. The molecule has 0 saturated carbocycles. The van der Waals surface area contributed by atoms with E-state index in [4.69, 9.17) is 4.42 Å². The minimum Gasteiger partial charge on any atom is -0.401 e. The molecule has 0 atom stereocenters. The van der Waals surface area contributed by atoms with Gasteiger partial charge in [-0.1, -0.05) is 48.8 Å². The van der Waals surface area contributed by atoms with Gasteiger partial charge in [0.25, 0.3) is 5.56 Å². The van der Waals surface area contributed by atoms with E-state index in [1.165, 1.54) is 16.7 Å². The van der Waals surface area contributed by atoms with Crippen molar-refractivity contribution in [1.82, 2.24) is 19.9 Å². The molecule has 0 aliphatic rings. The van der Waals surface area contributed by atoms with E-state index in [9.17, 15) is 14.9 Å². The molecule has 0 aliphatic heterocycles. The molecule has 3 aromatic heterocycles. The lowest BCUT2D eigenvalue weighted by Crippen LogP contribution is -2.23. The summed E-state index contributed by atoms with van der Waals surface area (Å²) in [5.74, 6) is 6.47. The van der Waals surface area contributed by atoms with Crippen LogP contribution in [0, 0.1) is 28.9 Å². The van der Waals surface area contributed by atoms with Gasteiger partial charge >= 0.3 is 5.88 Å². The Morgan fingerprint density at radius 2 is 1.77 bits per heavy atom. The molecule has 1 N–H and O–H groups in total. The van der Waals surface area contributed by atoms with E-state index in [-0.39, 0.29) is 17.2 Å². The molecule has 0 saturated heterocycles. The molecule has 9 heteroatoms. The van der Waals surface area contributed by atoms with Crippen LogP contribution in [0.5, 0.6) is 0 Å². The Kier molecular flexibility index (Phi) is 12.3. The highest BCUT2D eigenvalue weighted by Crippen LogP contribution is 2.21. The van der Waals surface area contributed by atoms with Crippen LogP contribution in [0.4, 0.5) is 5.88 Å². The number of para-hydroxylation sites is 1. The Morgan fingerprint density at radius 3 is 2.39 bits per heavy atom. The molecular formula is C35H33N5O4. The molecule has 0 amide bonds. The standard InChI is InChI=1S/C28H18N4O4.C5H8.C2H7N/c1-19-17-20(8-9-21-5-4-16-29-18-21)10-13-25(19)31-26(14-11-22-12-15-27(36-22)32(34)35)30-24-7-3-2-6-23(24)28(31)33;1-3-5-4-2;1-3-2/h2-7,10-18H,1H3;3-5H,1H2,2H3;3H,1-2H3/b14-11+;5-4-;. The van der Waals surface area contributed by atoms with Crippen molar-refractivity contribution in [2.45, 2.75) is 13.8 Å². The number of aromatic nitrogens is 3. The van der Waals surface area contributed by atoms with Gasteiger partial charge in [-0.15, -0.1) is 0 Å². The van der Waals surface area contributed by atoms with Gasteiger partial charge in [0.1, 0.15) is 16.5 Å². The highest BCUT2D eigenvalue weighted by Gasteiger charge is 2.14. The second-order valence-corrected chi connectivity index (χ2v) is 9.15. The normalized spacial score (nSPS) is 10.4. The van der Waals surface area contributed by atoms with Gasteiger partial charge in [0.2, 0.25) is 0 Å². The summed E-state index contributed by atoms with van der Waals surface area (Å²) >= 11 is 0. The summed E-state index contributed by atoms with van der Waals surface area (Å²) in [4.78, 5) is 32.6. The third kappa shape index (κ3) is 8.82. The number of allylic oxidation sites excluding steroid dienone is 3. The number of pyridine rings is 1. The van der Waals surface area contributed by atoms with Gasteiger partial charge in [-0.3, -0.25) is 24.5 Å². The fraction of sp³-hybridized carbons (Fsp3) is 0.114. The van der Waals surface area contributed by atoms with E-state index in [0.29, 0.717) is 22.4 Å². The van der Waals surface area contributed by atoms with Gasteiger partial charge in [0.15, 0.2) is 0 Å². The van der Waals surface area contributed by atoms with Gasteiger partial charge in [-0.2, -0.15) is 0 Å². The highest BCUT2D eigenvalue weighted by atomic mass is 16.6.